The van der Waals surface area contributed by atoms with Gasteiger partial charge in [0, 0.05) is 5.33 Å². The third-order valence-corrected chi connectivity index (χ3v) is 2.06. The molecular weight excluding hydrogens is 278 g/mol. The lowest BCUT2D eigenvalue weighted by Gasteiger charge is -2.22. The number of hydrogen-bond acceptors (Lipinski definition) is 5. The number of ether oxygens (including phenoxy) is 2. The SMILES string of the molecule is CC(C)(C)OC(=O)[C@H](CCBr)C(=O)OCN. The Balaban J connectivity index is 4.52. The van der Waals surface area contributed by atoms with E-state index in [-0.39, 0.29) is 6.73 Å². The van der Waals surface area contributed by atoms with Crippen LogP contribution in [-0.2, 0) is 19.1 Å². The molecule has 0 bridgehead atoms. The van der Waals surface area contributed by atoms with Gasteiger partial charge in [-0.25, -0.2) is 0 Å². The number of hydrogen-bond donors (Lipinski definition) is 1. The molecule has 2 N–H and O–H groups in total. The van der Waals surface area contributed by atoms with E-state index in [1.807, 2.05) is 0 Å². The molecule has 0 rings (SSSR count). The highest BCUT2D eigenvalue weighted by Crippen LogP contribution is 2.16. The molecule has 0 fully saturated rings. The van der Waals surface area contributed by atoms with Gasteiger partial charge in [0.25, 0.3) is 0 Å². The Morgan fingerprint density at radius 3 is 2.25 bits per heavy atom. The second kappa shape index (κ2) is 6.85. The van der Waals surface area contributed by atoms with Crippen LogP contribution in [0.4, 0.5) is 0 Å². The summed E-state index contributed by atoms with van der Waals surface area (Å²) in [4.78, 5) is 23.1. The summed E-state index contributed by atoms with van der Waals surface area (Å²) in [6.45, 7) is 4.99. The Labute approximate surface area is 104 Å². The van der Waals surface area contributed by atoms with Crippen molar-refractivity contribution in [3.63, 3.8) is 0 Å². The van der Waals surface area contributed by atoms with Crippen LogP contribution in [0.2, 0.25) is 0 Å². The molecule has 0 spiro atoms. The van der Waals surface area contributed by atoms with E-state index < -0.39 is 23.5 Å². The Hall–Kier alpha value is -0.620. The number of rotatable bonds is 5. The molecule has 0 aliphatic rings. The highest BCUT2D eigenvalue weighted by Gasteiger charge is 2.31. The maximum Gasteiger partial charge on any atom is 0.321 e. The summed E-state index contributed by atoms with van der Waals surface area (Å²) < 4.78 is 9.73. The van der Waals surface area contributed by atoms with Crippen LogP contribution in [0.15, 0.2) is 0 Å². The third kappa shape index (κ3) is 6.07. The zero-order valence-corrected chi connectivity index (χ0v) is 11.4. The van der Waals surface area contributed by atoms with E-state index >= 15 is 0 Å². The molecule has 0 heterocycles. The van der Waals surface area contributed by atoms with Crippen molar-refractivity contribution in [3.05, 3.63) is 0 Å². The highest BCUT2D eigenvalue weighted by molar-refractivity contribution is 9.09. The van der Waals surface area contributed by atoms with E-state index in [1.54, 1.807) is 20.8 Å². The second-order valence-electron chi connectivity index (χ2n) is 4.19. The van der Waals surface area contributed by atoms with Gasteiger partial charge in [0.2, 0.25) is 0 Å². The quantitative estimate of drug-likeness (QED) is 0.357. The van der Waals surface area contributed by atoms with Gasteiger partial charge in [0.15, 0.2) is 5.92 Å². The molecule has 0 radical (unpaired) electrons. The Morgan fingerprint density at radius 2 is 1.88 bits per heavy atom. The molecule has 0 aromatic heterocycles. The van der Waals surface area contributed by atoms with Crippen molar-refractivity contribution in [1.82, 2.24) is 0 Å². The predicted molar refractivity (Wildman–Crippen MR) is 62.9 cm³/mol. The Morgan fingerprint density at radius 1 is 1.31 bits per heavy atom. The van der Waals surface area contributed by atoms with E-state index in [0.29, 0.717) is 11.8 Å². The van der Waals surface area contributed by atoms with Gasteiger partial charge < -0.3 is 9.47 Å². The van der Waals surface area contributed by atoms with Crippen LogP contribution >= 0.6 is 15.9 Å². The number of alkyl halides is 1. The fraction of sp³-hybridized carbons (Fsp3) is 0.800. The zero-order chi connectivity index (χ0) is 12.8. The molecule has 0 aromatic carbocycles. The van der Waals surface area contributed by atoms with Crippen LogP contribution in [-0.4, -0.2) is 29.6 Å². The normalized spacial score (nSPS) is 13.1. The molecule has 16 heavy (non-hydrogen) atoms. The molecule has 0 unspecified atom stereocenters. The van der Waals surface area contributed by atoms with E-state index in [1.165, 1.54) is 0 Å². The van der Waals surface area contributed by atoms with Crippen LogP contribution in [0.5, 0.6) is 0 Å². The fourth-order valence-corrected chi connectivity index (χ4v) is 1.45. The Bertz CT molecular complexity index is 250. The minimum absolute atomic E-state index is 0.236. The first-order valence-electron chi connectivity index (χ1n) is 4.97. The molecular formula is C10H18BrNO4. The molecule has 0 amide bonds. The van der Waals surface area contributed by atoms with Crippen LogP contribution in [0.3, 0.4) is 0 Å². The molecule has 0 aliphatic carbocycles. The van der Waals surface area contributed by atoms with Gasteiger partial charge in [-0.15, -0.1) is 0 Å². The number of carbonyl (C=O) groups excluding carboxylic acids is 2. The minimum atomic E-state index is -0.915. The van der Waals surface area contributed by atoms with Crippen molar-refractivity contribution in [2.24, 2.45) is 11.7 Å². The summed E-state index contributed by atoms with van der Waals surface area (Å²) in [5.74, 6) is -2.14. The van der Waals surface area contributed by atoms with Gasteiger partial charge >= 0.3 is 11.9 Å². The first-order chi connectivity index (χ1) is 7.31. The van der Waals surface area contributed by atoms with Gasteiger partial charge in [-0.1, -0.05) is 15.9 Å². The van der Waals surface area contributed by atoms with Crippen molar-refractivity contribution >= 4 is 27.9 Å². The number of carbonyl (C=O) groups is 2. The lowest BCUT2D eigenvalue weighted by molar-refractivity contribution is -0.169. The van der Waals surface area contributed by atoms with Crippen LogP contribution in [0, 0.1) is 5.92 Å². The zero-order valence-electron chi connectivity index (χ0n) is 9.79. The smallest absolute Gasteiger partial charge is 0.321 e. The van der Waals surface area contributed by atoms with Crippen molar-refractivity contribution in [2.75, 3.05) is 12.1 Å². The fourth-order valence-electron chi connectivity index (χ4n) is 0.997. The maximum atomic E-state index is 11.7. The average molecular weight is 296 g/mol. The summed E-state index contributed by atoms with van der Waals surface area (Å²) in [5.41, 5.74) is 4.46. The Kier molecular flexibility index (Phi) is 6.59. The summed E-state index contributed by atoms with van der Waals surface area (Å²) >= 11 is 3.17. The van der Waals surface area contributed by atoms with Crippen molar-refractivity contribution < 1.29 is 19.1 Å². The van der Waals surface area contributed by atoms with Crippen LogP contribution < -0.4 is 5.73 Å². The lowest BCUT2D eigenvalue weighted by atomic mass is 10.1. The topological polar surface area (TPSA) is 78.6 Å². The summed E-state index contributed by atoms with van der Waals surface area (Å²) in [6.07, 6.45) is 0.327. The van der Waals surface area contributed by atoms with Gasteiger partial charge in [-0.2, -0.15) is 0 Å². The third-order valence-electron chi connectivity index (χ3n) is 1.60. The molecule has 0 aliphatic heterocycles. The molecule has 1 atom stereocenters. The van der Waals surface area contributed by atoms with Gasteiger partial charge in [-0.05, 0) is 27.2 Å². The first-order valence-corrected chi connectivity index (χ1v) is 6.09. The summed E-state index contributed by atoms with van der Waals surface area (Å²) in [6, 6.07) is 0. The maximum absolute atomic E-state index is 11.7. The molecule has 0 saturated heterocycles. The van der Waals surface area contributed by atoms with E-state index in [0.717, 1.165) is 0 Å². The molecule has 0 aromatic rings. The standard InChI is InChI=1S/C10H18BrNO4/c1-10(2,3)16-9(14)7(4-5-11)8(13)15-6-12/h7H,4-6,12H2,1-3H3/t7-/m1/s1. The van der Waals surface area contributed by atoms with Crippen LogP contribution in [0.1, 0.15) is 27.2 Å². The predicted octanol–water partition coefficient (Wildman–Crippen LogP) is 1.19. The first kappa shape index (κ1) is 15.4. The van der Waals surface area contributed by atoms with Gasteiger partial charge in [0.05, 0.1) is 0 Å². The van der Waals surface area contributed by atoms with E-state index in [4.69, 9.17) is 10.5 Å². The number of nitrogens with two attached hydrogens (primary N) is 1. The second-order valence-corrected chi connectivity index (χ2v) is 4.99. The average Bonchev–Trinajstić information content (AvgIpc) is 2.11. The minimum Gasteiger partial charge on any atom is -0.459 e. The van der Waals surface area contributed by atoms with Gasteiger partial charge in [-0.3, -0.25) is 15.3 Å². The van der Waals surface area contributed by atoms with Crippen molar-refractivity contribution in [3.8, 4) is 0 Å². The highest BCUT2D eigenvalue weighted by atomic mass is 79.9. The van der Waals surface area contributed by atoms with Crippen molar-refractivity contribution in [2.45, 2.75) is 32.8 Å². The van der Waals surface area contributed by atoms with Gasteiger partial charge in [0.1, 0.15) is 12.3 Å². The van der Waals surface area contributed by atoms with Crippen molar-refractivity contribution in [1.29, 1.82) is 0 Å². The monoisotopic (exact) mass is 295 g/mol. The number of esters is 2. The summed E-state index contributed by atoms with van der Waals surface area (Å²) in [5, 5.41) is 0.510. The number of halogens is 1. The van der Waals surface area contributed by atoms with E-state index in [9.17, 15) is 9.59 Å². The lowest BCUT2D eigenvalue weighted by Crippen LogP contribution is -2.34. The van der Waals surface area contributed by atoms with Crippen LogP contribution in [0.25, 0.3) is 0 Å². The molecule has 0 saturated carbocycles. The summed E-state index contributed by atoms with van der Waals surface area (Å²) in [7, 11) is 0. The largest absolute Gasteiger partial charge is 0.459 e. The molecule has 94 valence electrons. The molecule has 5 nitrogen and oxygen atoms in total. The molecule has 6 heteroatoms. The van der Waals surface area contributed by atoms with E-state index in [2.05, 4.69) is 20.7 Å².